The summed E-state index contributed by atoms with van der Waals surface area (Å²) in [5, 5.41) is 3.18. The van der Waals surface area contributed by atoms with Crippen LogP contribution in [-0.2, 0) is 11.2 Å². The van der Waals surface area contributed by atoms with Crippen LogP contribution in [0, 0.1) is 17.8 Å². The van der Waals surface area contributed by atoms with Gasteiger partial charge in [-0.1, -0.05) is 28.1 Å². The van der Waals surface area contributed by atoms with Crippen LogP contribution < -0.4 is 5.32 Å². The van der Waals surface area contributed by atoms with Crippen molar-refractivity contribution in [3.63, 3.8) is 0 Å². The molecule has 1 amide bonds. The predicted molar refractivity (Wildman–Crippen MR) is 79.8 cm³/mol. The second-order valence-corrected chi connectivity index (χ2v) is 7.08. The van der Waals surface area contributed by atoms with Crippen molar-refractivity contribution in [3.8, 4) is 0 Å². The third-order valence-corrected chi connectivity index (χ3v) is 4.99. The van der Waals surface area contributed by atoms with E-state index in [-0.39, 0.29) is 17.9 Å². The topological polar surface area (TPSA) is 29.1 Å². The molecule has 2 saturated carbocycles. The number of amides is 1. The Morgan fingerprint density at radius 3 is 2.53 bits per heavy atom. The predicted octanol–water partition coefficient (Wildman–Crippen LogP) is 3.54. The van der Waals surface area contributed by atoms with Gasteiger partial charge in [0, 0.05) is 16.4 Å². The van der Waals surface area contributed by atoms with Gasteiger partial charge < -0.3 is 5.32 Å². The Balaban J connectivity index is 1.49. The van der Waals surface area contributed by atoms with E-state index in [0.717, 1.165) is 35.6 Å². The Morgan fingerprint density at radius 1 is 1.26 bits per heavy atom. The maximum atomic E-state index is 12.1. The Morgan fingerprint density at radius 2 is 1.89 bits per heavy atom. The molecule has 1 aromatic carbocycles. The second-order valence-electron chi connectivity index (χ2n) is 6.16. The van der Waals surface area contributed by atoms with E-state index in [0.29, 0.717) is 0 Å². The summed E-state index contributed by atoms with van der Waals surface area (Å²) in [6, 6.07) is 8.53. The van der Waals surface area contributed by atoms with Crippen LogP contribution in [0.2, 0.25) is 0 Å². The maximum Gasteiger partial charge on any atom is 0.223 e. The second kappa shape index (κ2) is 5.28. The Labute approximate surface area is 123 Å². The van der Waals surface area contributed by atoms with Gasteiger partial charge in [0.25, 0.3) is 0 Å². The molecule has 0 bridgehead atoms. The fourth-order valence-corrected chi connectivity index (χ4v) is 3.58. The van der Waals surface area contributed by atoms with Gasteiger partial charge in [-0.25, -0.2) is 0 Å². The van der Waals surface area contributed by atoms with E-state index < -0.39 is 0 Å². The number of hydrogen-bond acceptors (Lipinski definition) is 1. The lowest BCUT2D eigenvalue weighted by molar-refractivity contribution is -0.125. The molecule has 1 aromatic rings. The molecule has 2 nitrogen and oxygen atoms in total. The molecule has 0 heterocycles. The average Bonchev–Trinajstić information content (AvgIpc) is 2.99. The normalized spacial score (nSPS) is 29.7. The lowest BCUT2D eigenvalue weighted by Crippen LogP contribution is -2.38. The third-order valence-electron chi connectivity index (χ3n) is 4.46. The number of benzene rings is 1. The van der Waals surface area contributed by atoms with Crippen LogP contribution in [0.3, 0.4) is 0 Å². The zero-order chi connectivity index (χ0) is 13.4. The molecule has 19 heavy (non-hydrogen) atoms. The molecule has 2 aliphatic rings. The van der Waals surface area contributed by atoms with Crippen LogP contribution in [0.25, 0.3) is 0 Å². The van der Waals surface area contributed by atoms with Gasteiger partial charge in [-0.2, -0.15) is 0 Å². The largest absolute Gasteiger partial charge is 0.353 e. The molecule has 3 atom stereocenters. The summed E-state index contributed by atoms with van der Waals surface area (Å²) in [5.41, 5.74) is 1.27. The summed E-state index contributed by atoms with van der Waals surface area (Å²) in [5.74, 6) is 2.31. The van der Waals surface area contributed by atoms with E-state index >= 15 is 0 Å². The molecule has 0 radical (unpaired) electrons. The first-order valence-electron chi connectivity index (χ1n) is 7.16. The quantitative estimate of drug-likeness (QED) is 0.902. The fourth-order valence-electron chi connectivity index (χ4n) is 3.31. The van der Waals surface area contributed by atoms with Gasteiger partial charge >= 0.3 is 0 Å². The summed E-state index contributed by atoms with van der Waals surface area (Å²) < 4.78 is 1.10. The van der Waals surface area contributed by atoms with E-state index in [1.54, 1.807) is 0 Å². The molecular weight excluding hydrogens is 302 g/mol. The zero-order valence-electron chi connectivity index (χ0n) is 11.2. The lowest BCUT2D eigenvalue weighted by Gasteiger charge is -2.18. The fraction of sp³-hybridized carbons (Fsp3) is 0.562. The number of carbonyl (C=O) groups excluding carboxylic acids is 1. The van der Waals surface area contributed by atoms with Gasteiger partial charge in [-0.05, 0) is 62.1 Å². The number of halogens is 1. The summed E-state index contributed by atoms with van der Waals surface area (Å²) in [6.45, 7) is 2.09. The van der Waals surface area contributed by atoms with Crippen molar-refractivity contribution in [3.05, 3.63) is 34.3 Å². The van der Waals surface area contributed by atoms with E-state index in [1.165, 1.54) is 12.0 Å². The summed E-state index contributed by atoms with van der Waals surface area (Å²) in [4.78, 5) is 12.1. The van der Waals surface area contributed by atoms with Crippen LogP contribution in [-0.4, -0.2) is 11.9 Å². The first kappa shape index (κ1) is 13.2. The van der Waals surface area contributed by atoms with Gasteiger partial charge in [0.2, 0.25) is 5.91 Å². The number of carbonyl (C=O) groups is 1. The minimum Gasteiger partial charge on any atom is -0.353 e. The van der Waals surface area contributed by atoms with E-state index in [4.69, 9.17) is 0 Å². The highest BCUT2D eigenvalue weighted by atomic mass is 79.9. The van der Waals surface area contributed by atoms with E-state index in [2.05, 4.69) is 40.3 Å². The minimum atomic E-state index is 0.214. The van der Waals surface area contributed by atoms with E-state index in [1.807, 2.05) is 12.1 Å². The maximum absolute atomic E-state index is 12.1. The molecule has 0 aromatic heterocycles. The van der Waals surface area contributed by atoms with Crippen molar-refractivity contribution in [1.29, 1.82) is 0 Å². The first-order chi connectivity index (χ1) is 9.11. The molecule has 0 aliphatic heterocycles. The van der Waals surface area contributed by atoms with Gasteiger partial charge in [0.1, 0.15) is 0 Å². The molecule has 2 aliphatic carbocycles. The zero-order valence-corrected chi connectivity index (χ0v) is 12.8. The Hall–Kier alpha value is -0.830. The molecule has 0 spiro atoms. The highest BCUT2D eigenvalue weighted by Crippen LogP contribution is 2.54. The minimum absolute atomic E-state index is 0.214. The van der Waals surface area contributed by atoms with Gasteiger partial charge in [-0.15, -0.1) is 0 Å². The van der Waals surface area contributed by atoms with Gasteiger partial charge in [-0.3, -0.25) is 4.79 Å². The van der Waals surface area contributed by atoms with Crippen molar-refractivity contribution in [1.82, 2.24) is 5.32 Å². The monoisotopic (exact) mass is 321 g/mol. The van der Waals surface area contributed by atoms with Crippen molar-refractivity contribution in [2.45, 2.75) is 38.6 Å². The van der Waals surface area contributed by atoms with Gasteiger partial charge in [0.15, 0.2) is 0 Å². The molecular formula is C16H20BrNO. The highest BCUT2D eigenvalue weighted by Gasteiger charge is 2.48. The van der Waals surface area contributed by atoms with Crippen molar-refractivity contribution >= 4 is 21.8 Å². The Bertz CT molecular complexity index is 460. The summed E-state index contributed by atoms with van der Waals surface area (Å²) >= 11 is 3.44. The molecule has 3 rings (SSSR count). The third kappa shape index (κ3) is 3.19. The van der Waals surface area contributed by atoms with Crippen LogP contribution in [0.5, 0.6) is 0 Å². The molecule has 3 heteroatoms. The van der Waals surface area contributed by atoms with Crippen LogP contribution >= 0.6 is 15.9 Å². The van der Waals surface area contributed by atoms with Crippen molar-refractivity contribution < 1.29 is 4.79 Å². The number of fused-ring (bicyclic) bond motifs is 1. The van der Waals surface area contributed by atoms with Crippen molar-refractivity contribution in [2.24, 2.45) is 17.8 Å². The lowest BCUT2D eigenvalue weighted by atomic mass is 10.0. The first-order valence-corrected chi connectivity index (χ1v) is 7.96. The van der Waals surface area contributed by atoms with Crippen molar-refractivity contribution in [2.75, 3.05) is 0 Å². The van der Waals surface area contributed by atoms with Crippen LogP contribution in [0.4, 0.5) is 0 Å². The molecule has 2 fully saturated rings. The SMILES string of the molecule is CC(Cc1ccc(Br)cc1)NC(=O)C1CC2CC2C1. The molecule has 3 unspecified atom stereocenters. The Kier molecular flexibility index (Phi) is 3.66. The number of rotatable bonds is 4. The molecule has 1 N–H and O–H groups in total. The molecule has 0 saturated heterocycles. The number of nitrogens with one attached hydrogen (secondary N) is 1. The number of hydrogen-bond donors (Lipinski definition) is 1. The van der Waals surface area contributed by atoms with Crippen LogP contribution in [0.1, 0.15) is 31.7 Å². The van der Waals surface area contributed by atoms with Crippen LogP contribution in [0.15, 0.2) is 28.7 Å². The average molecular weight is 322 g/mol. The standard InChI is InChI=1S/C16H20BrNO/c1-10(6-11-2-4-15(17)5-3-11)18-16(19)14-8-12-7-13(12)9-14/h2-5,10,12-14H,6-9H2,1H3,(H,18,19). The van der Waals surface area contributed by atoms with Gasteiger partial charge in [0.05, 0.1) is 0 Å². The highest BCUT2D eigenvalue weighted by molar-refractivity contribution is 9.10. The molecule has 102 valence electrons. The summed E-state index contributed by atoms with van der Waals surface area (Å²) in [6.07, 6.45) is 4.53. The summed E-state index contributed by atoms with van der Waals surface area (Å²) in [7, 11) is 0. The smallest absolute Gasteiger partial charge is 0.223 e. The van der Waals surface area contributed by atoms with E-state index in [9.17, 15) is 4.79 Å².